The summed E-state index contributed by atoms with van der Waals surface area (Å²) >= 11 is 0. The molecule has 6 nitrogen and oxygen atoms in total. The molecule has 1 fully saturated rings. The van der Waals surface area contributed by atoms with Gasteiger partial charge in [0.15, 0.2) is 5.69 Å². The van der Waals surface area contributed by atoms with E-state index in [0.29, 0.717) is 31.1 Å². The molecule has 1 aliphatic rings. The monoisotopic (exact) mass is 266 g/mol. The first-order chi connectivity index (χ1) is 9.11. The lowest BCUT2D eigenvalue weighted by molar-refractivity contribution is -0.142. The van der Waals surface area contributed by atoms with Gasteiger partial charge in [-0.3, -0.25) is 9.59 Å². The van der Waals surface area contributed by atoms with Crippen molar-refractivity contribution in [1.82, 2.24) is 10.1 Å². The van der Waals surface area contributed by atoms with Crippen LogP contribution in [0.1, 0.15) is 35.3 Å². The van der Waals surface area contributed by atoms with Gasteiger partial charge < -0.3 is 14.2 Å². The molecule has 0 radical (unpaired) electrons. The summed E-state index contributed by atoms with van der Waals surface area (Å²) in [5.41, 5.74) is 1.13. The summed E-state index contributed by atoms with van der Waals surface area (Å²) < 4.78 is 9.45. The lowest BCUT2D eigenvalue weighted by Gasteiger charge is -2.31. The number of aryl methyl sites for hydroxylation is 1. The van der Waals surface area contributed by atoms with Gasteiger partial charge in [-0.05, 0) is 25.7 Å². The number of carbonyl (C=O) groups excluding carboxylic acids is 2. The van der Waals surface area contributed by atoms with E-state index in [1.54, 1.807) is 11.8 Å². The van der Waals surface area contributed by atoms with Crippen molar-refractivity contribution in [3.8, 4) is 0 Å². The Morgan fingerprint density at radius 2 is 2.16 bits per heavy atom. The molecule has 1 saturated heterocycles. The average molecular weight is 266 g/mol. The maximum absolute atomic E-state index is 12.2. The van der Waals surface area contributed by atoms with Crippen LogP contribution in [0.2, 0.25) is 0 Å². The number of carbonyl (C=O) groups is 2. The average Bonchev–Trinajstić information content (AvgIpc) is 2.85. The van der Waals surface area contributed by atoms with E-state index in [4.69, 9.17) is 4.52 Å². The van der Waals surface area contributed by atoms with E-state index >= 15 is 0 Å². The topological polar surface area (TPSA) is 72.6 Å². The van der Waals surface area contributed by atoms with Crippen LogP contribution >= 0.6 is 0 Å². The highest BCUT2D eigenvalue weighted by Crippen LogP contribution is 2.22. The molecule has 6 heteroatoms. The number of nitrogens with zero attached hydrogens (tertiary/aromatic N) is 2. The molecule has 19 heavy (non-hydrogen) atoms. The van der Waals surface area contributed by atoms with Gasteiger partial charge in [0.2, 0.25) is 0 Å². The Kier molecular flexibility index (Phi) is 4.19. The second-order valence-electron chi connectivity index (χ2n) is 4.86. The molecule has 104 valence electrons. The van der Waals surface area contributed by atoms with Crippen LogP contribution in [0.3, 0.4) is 0 Å². The minimum Gasteiger partial charge on any atom is -0.469 e. The maximum Gasteiger partial charge on any atom is 0.305 e. The van der Waals surface area contributed by atoms with Gasteiger partial charge in [-0.2, -0.15) is 0 Å². The van der Waals surface area contributed by atoms with Crippen LogP contribution in [0.5, 0.6) is 0 Å². The number of likely N-dealkylation sites (tertiary alicyclic amines) is 1. The van der Waals surface area contributed by atoms with Crippen LogP contribution in [-0.4, -0.2) is 42.1 Å². The van der Waals surface area contributed by atoms with Gasteiger partial charge in [-0.15, -0.1) is 0 Å². The van der Waals surface area contributed by atoms with E-state index in [2.05, 4.69) is 9.89 Å². The molecule has 1 aromatic rings. The van der Waals surface area contributed by atoms with Gasteiger partial charge >= 0.3 is 5.97 Å². The Labute approximate surface area is 111 Å². The van der Waals surface area contributed by atoms with Crippen LogP contribution in [0, 0.1) is 12.8 Å². The van der Waals surface area contributed by atoms with Gasteiger partial charge in [-0.25, -0.2) is 0 Å². The maximum atomic E-state index is 12.2. The third kappa shape index (κ3) is 3.13. The highest BCUT2D eigenvalue weighted by atomic mass is 16.5. The van der Waals surface area contributed by atoms with Crippen molar-refractivity contribution >= 4 is 11.9 Å². The summed E-state index contributed by atoms with van der Waals surface area (Å²) in [7, 11) is 1.40. The Hall–Kier alpha value is -1.85. The van der Waals surface area contributed by atoms with E-state index in [9.17, 15) is 9.59 Å². The molecule has 0 aliphatic carbocycles. The summed E-state index contributed by atoms with van der Waals surface area (Å²) in [5, 5.41) is 3.73. The molecule has 2 heterocycles. The fourth-order valence-corrected chi connectivity index (χ4v) is 2.30. The molecule has 0 atom stereocenters. The predicted octanol–water partition coefficient (Wildman–Crippen LogP) is 1.40. The normalized spacial score (nSPS) is 16.4. The Bertz CT molecular complexity index is 461. The first-order valence-corrected chi connectivity index (χ1v) is 6.39. The number of esters is 1. The van der Waals surface area contributed by atoms with Crippen LogP contribution in [0.4, 0.5) is 0 Å². The molecule has 0 unspecified atom stereocenters. The van der Waals surface area contributed by atoms with Crippen molar-refractivity contribution in [2.75, 3.05) is 20.2 Å². The van der Waals surface area contributed by atoms with Gasteiger partial charge in [-0.1, -0.05) is 5.16 Å². The van der Waals surface area contributed by atoms with E-state index in [-0.39, 0.29) is 11.9 Å². The Morgan fingerprint density at radius 3 is 2.68 bits per heavy atom. The number of hydrogen-bond donors (Lipinski definition) is 0. The zero-order valence-corrected chi connectivity index (χ0v) is 11.2. The van der Waals surface area contributed by atoms with E-state index in [1.807, 2.05) is 0 Å². The largest absolute Gasteiger partial charge is 0.469 e. The summed E-state index contributed by atoms with van der Waals surface area (Å²) in [6, 6.07) is 0. The number of aromatic nitrogens is 1. The molecule has 0 spiro atoms. The van der Waals surface area contributed by atoms with Crippen molar-refractivity contribution in [2.45, 2.75) is 26.2 Å². The van der Waals surface area contributed by atoms with Gasteiger partial charge in [0.25, 0.3) is 5.91 Å². The molecule has 0 aromatic carbocycles. The first kappa shape index (κ1) is 13.6. The van der Waals surface area contributed by atoms with Gasteiger partial charge in [0.05, 0.1) is 7.11 Å². The number of hydrogen-bond acceptors (Lipinski definition) is 5. The van der Waals surface area contributed by atoms with Gasteiger partial charge in [0, 0.05) is 25.1 Å². The second-order valence-corrected chi connectivity index (χ2v) is 4.86. The zero-order chi connectivity index (χ0) is 13.8. The van der Waals surface area contributed by atoms with Crippen molar-refractivity contribution in [1.29, 1.82) is 0 Å². The first-order valence-electron chi connectivity index (χ1n) is 6.39. The van der Waals surface area contributed by atoms with Crippen LogP contribution in [-0.2, 0) is 9.53 Å². The molecule has 1 aromatic heterocycles. The van der Waals surface area contributed by atoms with Crippen LogP contribution in [0.15, 0.2) is 10.8 Å². The Balaban J connectivity index is 1.88. The quantitative estimate of drug-likeness (QED) is 0.773. The molecule has 2 rings (SSSR count). The van der Waals surface area contributed by atoms with Crippen molar-refractivity contribution in [3.63, 3.8) is 0 Å². The van der Waals surface area contributed by atoms with Crippen LogP contribution in [0.25, 0.3) is 0 Å². The second kappa shape index (κ2) is 5.86. The van der Waals surface area contributed by atoms with Crippen LogP contribution < -0.4 is 0 Å². The molecule has 1 aliphatic heterocycles. The van der Waals surface area contributed by atoms with Crippen molar-refractivity contribution in [2.24, 2.45) is 5.92 Å². The fourth-order valence-electron chi connectivity index (χ4n) is 2.30. The zero-order valence-electron chi connectivity index (χ0n) is 11.2. The van der Waals surface area contributed by atoms with Gasteiger partial charge in [0.1, 0.15) is 6.26 Å². The fraction of sp³-hybridized carbons (Fsp3) is 0.615. The summed E-state index contributed by atoms with van der Waals surface area (Å²) in [6.45, 7) is 3.09. The Morgan fingerprint density at radius 1 is 1.47 bits per heavy atom. The van der Waals surface area contributed by atoms with E-state index in [1.165, 1.54) is 13.4 Å². The SMILES string of the molecule is COC(=O)CC1CCN(C(=O)c2nocc2C)CC1. The number of methoxy groups -OCH3 is 1. The van der Waals surface area contributed by atoms with E-state index in [0.717, 1.165) is 18.4 Å². The number of ether oxygens (including phenoxy) is 1. The number of amides is 1. The minimum atomic E-state index is -0.183. The summed E-state index contributed by atoms with van der Waals surface area (Å²) in [4.78, 5) is 25.1. The smallest absolute Gasteiger partial charge is 0.305 e. The lowest BCUT2D eigenvalue weighted by atomic mass is 9.93. The highest BCUT2D eigenvalue weighted by Gasteiger charge is 2.27. The van der Waals surface area contributed by atoms with Crippen molar-refractivity contribution < 1.29 is 18.8 Å². The predicted molar refractivity (Wildman–Crippen MR) is 66.5 cm³/mol. The molecule has 0 N–H and O–H groups in total. The molecule has 1 amide bonds. The van der Waals surface area contributed by atoms with Crippen molar-refractivity contribution in [3.05, 3.63) is 17.5 Å². The highest BCUT2D eigenvalue weighted by molar-refractivity contribution is 5.93. The van der Waals surface area contributed by atoms with E-state index < -0.39 is 0 Å². The molecule has 0 saturated carbocycles. The third-order valence-corrected chi connectivity index (χ3v) is 3.53. The number of rotatable bonds is 3. The molecule has 0 bridgehead atoms. The summed E-state index contributed by atoms with van der Waals surface area (Å²) in [5.74, 6) is 0.0230. The minimum absolute atomic E-state index is 0.0947. The standard InChI is InChI=1S/C13H18N2O4/c1-9-8-19-14-12(9)13(17)15-5-3-10(4-6-15)7-11(16)18-2/h8,10H,3-7H2,1-2H3. The summed E-state index contributed by atoms with van der Waals surface area (Å²) in [6.07, 6.45) is 3.54. The molecular formula is C13H18N2O4. The number of piperidine rings is 1. The molecular weight excluding hydrogens is 248 g/mol. The third-order valence-electron chi connectivity index (χ3n) is 3.53. The lowest BCUT2D eigenvalue weighted by Crippen LogP contribution is -2.39.